The van der Waals surface area contributed by atoms with E-state index in [0.717, 1.165) is 28.1 Å². The van der Waals surface area contributed by atoms with Crippen LogP contribution in [0.3, 0.4) is 0 Å². The SMILES string of the molecule is [Ir+3].[c-]1ccc2c3cccc4c5ccccc5n(c2c1-n1[c-][n+](-c2ccccc2)cc1)c43.[c-]1ccccc1-c1ccccn1. The van der Waals surface area contributed by atoms with Crippen molar-refractivity contribution in [1.29, 1.82) is 0 Å². The van der Waals surface area contributed by atoms with Crippen LogP contribution in [0, 0.1) is 18.5 Å². The molecule has 0 atom stereocenters. The Labute approximate surface area is 262 Å². The van der Waals surface area contributed by atoms with E-state index in [0.29, 0.717) is 0 Å². The second-order valence-corrected chi connectivity index (χ2v) is 10.1. The van der Waals surface area contributed by atoms with Gasteiger partial charge in [0, 0.05) is 40.4 Å². The first-order chi connectivity index (χ1) is 20.9. The molecule has 0 unspecified atom stereocenters. The minimum absolute atomic E-state index is 0. The number of aromatic nitrogens is 4. The molecule has 5 heteroatoms. The van der Waals surface area contributed by atoms with E-state index in [9.17, 15) is 0 Å². The summed E-state index contributed by atoms with van der Waals surface area (Å²) in [6.45, 7) is 0. The summed E-state index contributed by atoms with van der Waals surface area (Å²) in [4.78, 5) is 4.22. The topological polar surface area (TPSA) is 26.1 Å². The summed E-state index contributed by atoms with van der Waals surface area (Å²) in [6.07, 6.45) is 9.33. The molecule has 5 aromatic carbocycles. The van der Waals surface area contributed by atoms with Gasteiger partial charge in [0.1, 0.15) is 0 Å². The Morgan fingerprint density at radius 2 is 1.35 bits per heavy atom. The normalized spacial score (nSPS) is 11.1. The maximum atomic E-state index is 4.22. The largest absolute Gasteiger partial charge is 3.00 e. The summed E-state index contributed by atoms with van der Waals surface area (Å²) in [5.41, 5.74) is 7.76. The Hall–Kier alpha value is -5.09. The van der Waals surface area contributed by atoms with Gasteiger partial charge >= 0.3 is 20.1 Å². The van der Waals surface area contributed by atoms with Gasteiger partial charge in [0.15, 0.2) is 0 Å². The van der Waals surface area contributed by atoms with Crippen LogP contribution in [0.25, 0.3) is 60.7 Å². The zero-order valence-electron chi connectivity index (χ0n) is 23.0. The molecule has 4 nitrogen and oxygen atoms in total. The van der Waals surface area contributed by atoms with Crippen LogP contribution in [0.2, 0.25) is 0 Å². The molecule has 43 heavy (non-hydrogen) atoms. The fourth-order valence-corrected chi connectivity index (χ4v) is 5.82. The predicted octanol–water partition coefficient (Wildman–Crippen LogP) is 8.05. The molecular weight excluding hydrogens is 705 g/mol. The van der Waals surface area contributed by atoms with Crippen molar-refractivity contribution >= 4 is 38.1 Å². The van der Waals surface area contributed by atoms with Crippen LogP contribution in [-0.2, 0) is 20.1 Å². The second kappa shape index (κ2) is 11.3. The summed E-state index contributed by atoms with van der Waals surface area (Å²) in [5.74, 6) is 0. The molecule has 0 aliphatic carbocycles. The summed E-state index contributed by atoms with van der Waals surface area (Å²) in [7, 11) is 0. The second-order valence-electron chi connectivity index (χ2n) is 10.1. The van der Waals surface area contributed by atoms with Crippen molar-refractivity contribution in [3.05, 3.63) is 164 Å². The van der Waals surface area contributed by atoms with Crippen molar-refractivity contribution in [3.63, 3.8) is 0 Å². The van der Waals surface area contributed by atoms with Gasteiger partial charge in [0.2, 0.25) is 0 Å². The number of imidazole rings is 1. The first-order valence-electron chi connectivity index (χ1n) is 13.9. The fourth-order valence-electron chi connectivity index (χ4n) is 5.82. The Morgan fingerprint density at radius 3 is 2.16 bits per heavy atom. The summed E-state index contributed by atoms with van der Waals surface area (Å²) >= 11 is 0. The summed E-state index contributed by atoms with van der Waals surface area (Å²) < 4.78 is 6.44. The Bertz CT molecular complexity index is 2250. The Morgan fingerprint density at radius 1 is 0.605 bits per heavy atom. The third-order valence-corrected chi connectivity index (χ3v) is 7.66. The van der Waals surface area contributed by atoms with Gasteiger partial charge in [-0.05, 0) is 46.5 Å². The quantitative estimate of drug-likeness (QED) is 0.134. The molecule has 0 N–H and O–H groups in total. The van der Waals surface area contributed by atoms with Crippen molar-refractivity contribution in [1.82, 2.24) is 14.0 Å². The van der Waals surface area contributed by atoms with E-state index in [1.807, 2.05) is 88.3 Å². The Balaban J connectivity index is 0.000000195. The van der Waals surface area contributed by atoms with Gasteiger partial charge in [-0.1, -0.05) is 66.7 Å². The van der Waals surface area contributed by atoms with Crippen molar-refractivity contribution in [2.45, 2.75) is 0 Å². The maximum Gasteiger partial charge on any atom is 3.00 e. The van der Waals surface area contributed by atoms with Gasteiger partial charge in [-0.25, -0.2) is 0 Å². The number of hydrogen-bond donors (Lipinski definition) is 0. The van der Waals surface area contributed by atoms with Crippen LogP contribution in [0.1, 0.15) is 0 Å². The van der Waals surface area contributed by atoms with Crippen molar-refractivity contribution in [2.75, 3.05) is 0 Å². The average Bonchev–Trinajstić information content (AvgIpc) is 3.79. The van der Waals surface area contributed by atoms with E-state index >= 15 is 0 Å². The molecule has 9 aromatic rings. The van der Waals surface area contributed by atoms with Gasteiger partial charge < -0.3 is 14.0 Å². The van der Waals surface area contributed by atoms with E-state index in [4.69, 9.17) is 0 Å². The third-order valence-electron chi connectivity index (χ3n) is 7.66. The van der Waals surface area contributed by atoms with E-state index in [1.54, 1.807) is 6.20 Å². The smallest absolute Gasteiger partial charge is 0.367 e. The molecular formula is C38H24IrN4+. The van der Waals surface area contributed by atoms with Crippen molar-refractivity contribution in [2.24, 2.45) is 0 Å². The minimum Gasteiger partial charge on any atom is -0.367 e. The molecule has 4 heterocycles. The van der Waals surface area contributed by atoms with Gasteiger partial charge in [0.05, 0.1) is 5.69 Å². The zero-order valence-corrected chi connectivity index (χ0v) is 25.4. The van der Waals surface area contributed by atoms with Gasteiger partial charge in [0.25, 0.3) is 6.33 Å². The third kappa shape index (κ3) is 4.60. The number of hydrogen-bond acceptors (Lipinski definition) is 1. The zero-order chi connectivity index (χ0) is 27.9. The van der Waals surface area contributed by atoms with Crippen LogP contribution < -0.4 is 4.57 Å². The van der Waals surface area contributed by atoms with E-state index in [-0.39, 0.29) is 20.1 Å². The molecule has 0 fully saturated rings. The molecule has 4 aromatic heterocycles. The number of fused-ring (bicyclic) bond motifs is 6. The molecule has 0 saturated heterocycles. The first-order valence-corrected chi connectivity index (χ1v) is 13.9. The maximum absolute atomic E-state index is 4.22. The van der Waals surface area contributed by atoms with Crippen LogP contribution in [-0.4, -0.2) is 14.0 Å². The van der Waals surface area contributed by atoms with Crippen LogP contribution in [0.5, 0.6) is 0 Å². The van der Waals surface area contributed by atoms with Crippen LogP contribution in [0.15, 0.2) is 146 Å². The molecule has 0 amide bonds. The van der Waals surface area contributed by atoms with Crippen molar-refractivity contribution < 1.29 is 24.7 Å². The van der Waals surface area contributed by atoms with Crippen molar-refractivity contribution in [3.8, 4) is 22.6 Å². The number of pyridine rings is 1. The Kier molecular flexibility index (Phi) is 7.04. The molecule has 0 bridgehead atoms. The van der Waals surface area contributed by atoms with Crippen LogP contribution in [0.4, 0.5) is 0 Å². The van der Waals surface area contributed by atoms with E-state index < -0.39 is 0 Å². The van der Waals surface area contributed by atoms with E-state index in [2.05, 4.69) is 88.5 Å². The van der Waals surface area contributed by atoms with Gasteiger partial charge in [-0.15, -0.1) is 41.3 Å². The number of benzene rings is 5. The van der Waals surface area contributed by atoms with E-state index in [1.165, 1.54) is 32.6 Å². The first kappa shape index (κ1) is 26.8. The minimum atomic E-state index is 0. The standard InChI is InChI=1S/C27H16N3.C11H8N.Ir/c1-2-8-19(9-3-1)28-16-17-29(18-28)25-15-7-13-23-22-12-6-11-21-20-10-4-5-14-24(20)30(26(21)22)27(23)25;1-2-6-10(7-3-1)11-8-4-5-9-12-11;/h1-14,16-17H;1-6,8-9H;/q2*-1;+3. The summed E-state index contributed by atoms with van der Waals surface area (Å²) in [5, 5.41) is 5.09. The monoisotopic (exact) mass is 729 g/mol. The summed E-state index contributed by atoms with van der Waals surface area (Å²) in [6, 6.07) is 50.0. The van der Waals surface area contributed by atoms with Gasteiger partial charge in [-0.3, -0.25) is 4.57 Å². The van der Waals surface area contributed by atoms with Crippen LogP contribution >= 0.6 is 0 Å². The number of rotatable bonds is 3. The molecule has 9 rings (SSSR count). The molecule has 0 saturated carbocycles. The van der Waals surface area contributed by atoms with Gasteiger partial charge in [-0.2, -0.15) is 18.2 Å². The molecule has 0 radical (unpaired) electrons. The average molecular weight is 729 g/mol. The molecule has 204 valence electrons. The predicted molar refractivity (Wildman–Crippen MR) is 168 cm³/mol. The molecule has 0 aliphatic heterocycles. The molecule has 0 spiro atoms. The molecule has 0 aliphatic rings. The number of para-hydroxylation sites is 3. The fraction of sp³-hybridized carbons (Fsp3) is 0. The number of nitrogens with zero attached hydrogens (tertiary/aromatic N) is 4.